The number of fused-ring (bicyclic) bond motifs is 1. The van der Waals surface area contributed by atoms with Crippen molar-refractivity contribution >= 4 is 0 Å². The minimum atomic E-state index is 0.652. The molecular weight excluding hydrogens is 138 g/mol. The summed E-state index contributed by atoms with van der Waals surface area (Å²) in [6.45, 7) is 4.68. The number of nitrogens with two attached hydrogens (primary N) is 1. The van der Waals surface area contributed by atoms with Crippen molar-refractivity contribution in [1.29, 1.82) is 0 Å². The first-order valence-electron chi connectivity index (χ1n) is 3.93. The first kappa shape index (κ1) is 6.88. The zero-order valence-corrected chi connectivity index (χ0v) is 6.70. The molecule has 0 spiro atoms. The van der Waals surface area contributed by atoms with Crippen LogP contribution in [-0.4, -0.2) is 4.98 Å². The van der Waals surface area contributed by atoms with Crippen molar-refractivity contribution in [3.8, 4) is 0 Å². The maximum Gasteiger partial charge on any atom is 0.0363 e. The molecule has 0 aliphatic carbocycles. The molecule has 0 unspecified atom stereocenters. The fourth-order valence-electron chi connectivity index (χ4n) is 1.74. The first-order chi connectivity index (χ1) is 5.33. The van der Waals surface area contributed by atoms with Crippen LogP contribution < -0.4 is 11.1 Å². The van der Waals surface area contributed by atoms with E-state index in [-0.39, 0.29) is 0 Å². The van der Waals surface area contributed by atoms with E-state index in [0.29, 0.717) is 6.54 Å². The molecule has 0 aromatic carbocycles. The van der Waals surface area contributed by atoms with Crippen LogP contribution in [0.15, 0.2) is 0 Å². The Labute approximate surface area is 66.0 Å². The highest BCUT2D eigenvalue weighted by Crippen LogP contribution is 2.21. The van der Waals surface area contributed by atoms with Gasteiger partial charge < -0.3 is 16.0 Å². The van der Waals surface area contributed by atoms with Crippen molar-refractivity contribution in [1.82, 2.24) is 10.3 Å². The predicted molar refractivity (Wildman–Crippen MR) is 44.0 cm³/mol. The fraction of sp³-hybridized carbons (Fsp3) is 0.500. The Kier molecular flexibility index (Phi) is 1.47. The Bertz CT molecular complexity index is 275. The quantitative estimate of drug-likeness (QED) is 0.543. The molecule has 0 atom stereocenters. The van der Waals surface area contributed by atoms with Gasteiger partial charge in [0.15, 0.2) is 0 Å². The number of aryl methyl sites for hydroxylation is 1. The van der Waals surface area contributed by atoms with Crippen LogP contribution in [0.25, 0.3) is 0 Å². The second kappa shape index (κ2) is 2.36. The lowest BCUT2D eigenvalue weighted by Crippen LogP contribution is -2.05. The standard InChI is InChI=1S/C8H13N3/c1-5-6(2-9)7-3-10-4-8(7)11-5/h10-11H,2-4,9H2,1H3. The van der Waals surface area contributed by atoms with E-state index in [1.807, 2.05) is 0 Å². The summed E-state index contributed by atoms with van der Waals surface area (Å²) in [5.74, 6) is 0. The minimum Gasteiger partial charge on any atom is -0.361 e. The van der Waals surface area contributed by atoms with Gasteiger partial charge in [-0.2, -0.15) is 0 Å². The molecule has 1 aromatic rings. The second-order valence-electron chi connectivity index (χ2n) is 2.99. The maximum atomic E-state index is 5.62. The highest BCUT2D eigenvalue weighted by atomic mass is 14.9. The van der Waals surface area contributed by atoms with Gasteiger partial charge in [0.1, 0.15) is 0 Å². The number of H-pyrrole nitrogens is 1. The molecule has 0 radical (unpaired) electrons. The highest BCUT2D eigenvalue weighted by Gasteiger charge is 2.17. The lowest BCUT2D eigenvalue weighted by atomic mass is 10.1. The van der Waals surface area contributed by atoms with Crippen molar-refractivity contribution in [3.05, 3.63) is 22.5 Å². The monoisotopic (exact) mass is 151 g/mol. The van der Waals surface area contributed by atoms with Gasteiger partial charge in [0, 0.05) is 31.0 Å². The lowest BCUT2D eigenvalue weighted by molar-refractivity contribution is 0.746. The normalized spacial score (nSPS) is 15.5. The summed E-state index contributed by atoms with van der Waals surface area (Å²) in [6.07, 6.45) is 0. The summed E-state index contributed by atoms with van der Waals surface area (Å²) in [4.78, 5) is 3.33. The van der Waals surface area contributed by atoms with Gasteiger partial charge in [-0.1, -0.05) is 0 Å². The summed E-state index contributed by atoms with van der Waals surface area (Å²) in [5.41, 5.74) is 10.9. The van der Waals surface area contributed by atoms with Gasteiger partial charge in [0.05, 0.1) is 0 Å². The fourth-order valence-corrected chi connectivity index (χ4v) is 1.74. The smallest absolute Gasteiger partial charge is 0.0363 e. The average molecular weight is 151 g/mol. The number of hydrogen-bond acceptors (Lipinski definition) is 2. The molecule has 1 aromatic heterocycles. The van der Waals surface area contributed by atoms with E-state index >= 15 is 0 Å². The van der Waals surface area contributed by atoms with Crippen molar-refractivity contribution in [2.75, 3.05) is 0 Å². The van der Waals surface area contributed by atoms with Gasteiger partial charge >= 0.3 is 0 Å². The van der Waals surface area contributed by atoms with Crippen LogP contribution in [0.3, 0.4) is 0 Å². The molecule has 0 saturated carbocycles. The Morgan fingerprint density at radius 1 is 1.45 bits per heavy atom. The van der Waals surface area contributed by atoms with Crippen LogP contribution in [0.2, 0.25) is 0 Å². The Morgan fingerprint density at radius 3 is 3.00 bits per heavy atom. The van der Waals surface area contributed by atoms with E-state index < -0.39 is 0 Å². The van der Waals surface area contributed by atoms with Crippen LogP contribution >= 0.6 is 0 Å². The number of nitrogens with one attached hydrogen (secondary N) is 2. The number of hydrogen-bond donors (Lipinski definition) is 3. The van der Waals surface area contributed by atoms with Crippen molar-refractivity contribution in [2.24, 2.45) is 5.73 Å². The van der Waals surface area contributed by atoms with Gasteiger partial charge in [-0.25, -0.2) is 0 Å². The molecule has 0 fully saturated rings. The Balaban J connectivity index is 2.52. The molecule has 60 valence electrons. The van der Waals surface area contributed by atoms with Crippen LogP contribution in [-0.2, 0) is 19.6 Å². The third kappa shape index (κ3) is 0.886. The van der Waals surface area contributed by atoms with Crippen molar-refractivity contribution < 1.29 is 0 Å². The largest absolute Gasteiger partial charge is 0.361 e. The molecule has 0 amide bonds. The van der Waals surface area contributed by atoms with E-state index in [9.17, 15) is 0 Å². The van der Waals surface area contributed by atoms with Crippen LogP contribution in [0.1, 0.15) is 22.5 Å². The minimum absolute atomic E-state index is 0.652. The zero-order chi connectivity index (χ0) is 7.84. The second-order valence-corrected chi connectivity index (χ2v) is 2.99. The molecule has 11 heavy (non-hydrogen) atoms. The summed E-state index contributed by atoms with van der Waals surface area (Å²) in [7, 11) is 0. The molecule has 0 saturated heterocycles. The van der Waals surface area contributed by atoms with Gasteiger partial charge in [0.2, 0.25) is 0 Å². The van der Waals surface area contributed by atoms with Crippen molar-refractivity contribution in [3.63, 3.8) is 0 Å². The molecule has 0 bridgehead atoms. The van der Waals surface area contributed by atoms with Crippen LogP contribution in [0.4, 0.5) is 0 Å². The first-order valence-corrected chi connectivity index (χ1v) is 3.93. The zero-order valence-electron chi connectivity index (χ0n) is 6.70. The van der Waals surface area contributed by atoms with Crippen LogP contribution in [0, 0.1) is 6.92 Å². The highest BCUT2D eigenvalue weighted by molar-refractivity contribution is 5.38. The van der Waals surface area contributed by atoms with Gasteiger partial charge in [-0.15, -0.1) is 0 Å². The molecule has 2 heterocycles. The third-order valence-corrected chi connectivity index (χ3v) is 2.33. The van der Waals surface area contributed by atoms with Crippen molar-refractivity contribution in [2.45, 2.75) is 26.6 Å². The molecule has 4 N–H and O–H groups in total. The SMILES string of the molecule is Cc1[nH]c2c(c1CN)CNC2. The van der Waals surface area contributed by atoms with Gasteiger partial charge in [-0.05, 0) is 18.1 Å². The number of aromatic nitrogens is 1. The van der Waals surface area contributed by atoms with Gasteiger partial charge in [-0.3, -0.25) is 0 Å². The average Bonchev–Trinajstić information content (AvgIpc) is 2.46. The molecule has 2 rings (SSSR count). The molecule has 3 heteroatoms. The van der Waals surface area contributed by atoms with E-state index in [2.05, 4.69) is 17.2 Å². The predicted octanol–water partition coefficient (Wildman–Crippen LogP) is 0.385. The molecular formula is C8H13N3. The Hall–Kier alpha value is -0.800. The number of aromatic amines is 1. The Morgan fingerprint density at radius 2 is 2.27 bits per heavy atom. The number of rotatable bonds is 1. The summed E-state index contributed by atoms with van der Waals surface area (Å²) < 4.78 is 0. The molecule has 1 aliphatic heterocycles. The van der Waals surface area contributed by atoms with E-state index in [0.717, 1.165) is 13.1 Å². The lowest BCUT2D eigenvalue weighted by Gasteiger charge is -1.97. The topological polar surface area (TPSA) is 53.8 Å². The maximum absolute atomic E-state index is 5.62. The summed E-state index contributed by atoms with van der Waals surface area (Å²) >= 11 is 0. The van der Waals surface area contributed by atoms with Gasteiger partial charge in [0.25, 0.3) is 0 Å². The third-order valence-electron chi connectivity index (χ3n) is 2.33. The van der Waals surface area contributed by atoms with E-state index in [1.54, 1.807) is 0 Å². The van der Waals surface area contributed by atoms with E-state index in [1.165, 1.54) is 22.5 Å². The molecule has 3 nitrogen and oxygen atoms in total. The van der Waals surface area contributed by atoms with E-state index in [4.69, 9.17) is 5.73 Å². The summed E-state index contributed by atoms with van der Waals surface area (Å²) in [5, 5.41) is 3.28. The van der Waals surface area contributed by atoms with Crippen LogP contribution in [0.5, 0.6) is 0 Å². The molecule has 1 aliphatic rings. The summed E-state index contributed by atoms with van der Waals surface area (Å²) in [6, 6.07) is 0.